The maximum Gasteiger partial charge on any atom is 0.147 e. The highest BCUT2D eigenvalue weighted by molar-refractivity contribution is 7.90. The molecule has 1 aliphatic rings. The molecule has 1 rings (SSSR count). The van der Waals surface area contributed by atoms with Crippen LogP contribution < -0.4 is 5.32 Å². The van der Waals surface area contributed by atoms with Crippen LogP contribution in [0.3, 0.4) is 0 Å². The van der Waals surface area contributed by atoms with Crippen molar-refractivity contribution in [3.05, 3.63) is 0 Å². The predicted molar refractivity (Wildman–Crippen MR) is 74.6 cm³/mol. The summed E-state index contributed by atoms with van der Waals surface area (Å²) in [5.41, 5.74) is -0.118. The zero-order chi connectivity index (χ0) is 13.6. The molecule has 0 aromatic carbocycles. The van der Waals surface area contributed by atoms with Crippen LogP contribution in [0.5, 0.6) is 0 Å². The van der Waals surface area contributed by atoms with E-state index in [1.807, 2.05) is 0 Å². The van der Waals surface area contributed by atoms with Crippen molar-refractivity contribution < 1.29 is 13.2 Å². The van der Waals surface area contributed by atoms with E-state index in [4.69, 9.17) is 4.74 Å². The van der Waals surface area contributed by atoms with Crippen LogP contribution in [0.25, 0.3) is 0 Å². The van der Waals surface area contributed by atoms with Crippen LogP contribution in [0.4, 0.5) is 0 Å². The first-order valence-electron chi connectivity index (χ1n) is 6.92. The van der Waals surface area contributed by atoms with Crippen LogP contribution >= 0.6 is 0 Å². The average molecular weight is 277 g/mol. The lowest BCUT2D eigenvalue weighted by molar-refractivity contribution is -0.0139. The molecule has 0 bridgehead atoms. The minimum absolute atomic E-state index is 0.118. The van der Waals surface area contributed by atoms with Gasteiger partial charge in [0.1, 0.15) is 9.84 Å². The molecule has 0 spiro atoms. The number of nitrogens with one attached hydrogen (secondary N) is 1. The molecule has 0 amide bonds. The van der Waals surface area contributed by atoms with Gasteiger partial charge in [-0.25, -0.2) is 8.42 Å². The van der Waals surface area contributed by atoms with Crippen LogP contribution in [-0.4, -0.2) is 45.2 Å². The number of hydrogen-bond donors (Lipinski definition) is 1. The lowest BCUT2D eigenvalue weighted by Gasteiger charge is -2.34. The molecular formula is C13H27NO3S. The summed E-state index contributed by atoms with van der Waals surface area (Å²) in [4.78, 5) is 0. The Balaban J connectivity index is 2.50. The quantitative estimate of drug-likeness (QED) is 0.734. The summed E-state index contributed by atoms with van der Waals surface area (Å²) < 4.78 is 28.2. The molecule has 1 N–H and O–H groups in total. The van der Waals surface area contributed by atoms with Gasteiger partial charge in [-0.15, -0.1) is 0 Å². The fraction of sp³-hybridized carbons (Fsp3) is 1.00. The van der Waals surface area contributed by atoms with Gasteiger partial charge in [-0.05, 0) is 45.6 Å². The van der Waals surface area contributed by atoms with Crippen molar-refractivity contribution in [2.45, 2.75) is 57.6 Å². The van der Waals surface area contributed by atoms with Gasteiger partial charge in [-0.3, -0.25) is 0 Å². The van der Waals surface area contributed by atoms with Crippen LogP contribution in [0.1, 0.15) is 46.0 Å². The van der Waals surface area contributed by atoms with Crippen molar-refractivity contribution in [1.82, 2.24) is 5.32 Å². The topological polar surface area (TPSA) is 55.4 Å². The molecule has 0 aromatic heterocycles. The van der Waals surface area contributed by atoms with Gasteiger partial charge in [-0.1, -0.05) is 6.92 Å². The van der Waals surface area contributed by atoms with E-state index in [-0.39, 0.29) is 17.4 Å². The van der Waals surface area contributed by atoms with E-state index in [9.17, 15) is 8.42 Å². The molecule has 1 heterocycles. The monoisotopic (exact) mass is 277 g/mol. The molecule has 0 saturated carbocycles. The van der Waals surface area contributed by atoms with Crippen molar-refractivity contribution >= 4 is 9.84 Å². The summed E-state index contributed by atoms with van der Waals surface area (Å²) in [6, 6.07) is 0.265. The van der Waals surface area contributed by atoms with E-state index < -0.39 is 9.84 Å². The Morgan fingerprint density at radius 1 is 1.44 bits per heavy atom. The molecule has 0 aliphatic carbocycles. The average Bonchev–Trinajstić information content (AvgIpc) is 2.69. The van der Waals surface area contributed by atoms with E-state index >= 15 is 0 Å². The Hall–Kier alpha value is -0.130. The normalized spacial score (nSPS) is 26.4. The molecule has 1 fully saturated rings. The molecule has 1 aliphatic heterocycles. The van der Waals surface area contributed by atoms with Crippen molar-refractivity contribution in [1.29, 1.82) is 0 Å². The number of sulfone groups is 1. The van der Waals surface area contributed by atoms with Crippen LogP contribution in [0.15, 0.2) is 0 Å². The minimum atomic E-state index is -2.85. The fourth-order valence-corrected chi connectivity index (χ4v) is 3.26. The highest BCUT2D eigenvalue weighted by atomic mass is 32.2. The van der Waals surface area contributed by atoms with E-state index in [2.05, 4.69) is 19.2 Å². The van der Waals surface area contributed by atoms with Gasteiger partial charge in [-0.2, -0.15) is 0 Å². The summed E-state index contributed by atoms with van der Waals surface area (Å²) >= 11 is 0. The van der Waals surface area contributed by atoms with E-state index in [0.29, 0.717) is 6.42 Å². The molecule has 0 radical (unpaired) electrons. The maximum absolute atomic E-state index is 11.2. The van der Waals surface area contributed by atoms with Crippen LogP contribution in [0, 0.1) is 0 Å². The predicted octanol–water partition coefficient (Wildman–Crippen LogP) is 1.75. The summed E-state index contributed by atoms with van der Waals surface area (Å²) in [6.45, 7) is 6.07. The SMILES string of the molecule is CCCNC(CCCS(C)(=O)=O)C1(C)CCCO1. The second kappa shape index (κ2) is 6.87. The Labute approximate surface area is 111 Å². The summed E-state index contributed by atoms with van der Waals surface area (Å²) in [5.74, 6) is 0.271. The van der Waals surface area contributed by atoms with Crippen molar-refractivity contribution in [2.75, 3.05) is 25.2 Å². The van der Waals surface area contributed by atoms with Gasteiger partial charge in [0, 0.05) is 24.7 Å². The van der Waals surface area contributed by atoms with Gasteiger partial charge in [0.25, 0.3) is 0 Å². The fourth-order valence-electron chi connectivity index (χ4n) is 2.57. The number of ether oxygens (including phenoxy) is 1. The second-order valence-electron chi connectivity index (χ2n) is 5.54. The Bertz CT molecular complexity index is 334. The highest BCUT2D eigenvalue weighted by Gasteiger charge is 2.37. The molecule has 4 nitrogen and oxygen atoms in total. The van der Waals surface area contributed by atoms with E-state index in [1.165, 1.54) is 6.26 Å². The standard InChI is InChI=1S/C13H27NO3S/c1-4-9-14-12(7-5-11-18(3,15)16)13(2)8-6-10-17-13/h12,14H,4-11H2,1-3H3. The zero-order valence-corrected chi connectivity index (χ0v) is 12.7. The number of hydrogen-bond acceptors (Lipinski definition) is 4. The highest BCUT2D eigenvalue weighted by Crippen LogP contribution is 2.30. The first kappa shape index (κ1) is 15.9. The smallest absolute Gasteiger partial charge is 0.147 e. The van der Waals surface area contributed by atoms with Crippen LogP contribution in [-0.2, 0) is 14.6 Å². The summed E-state index contributed by atoms with van der Waals surface area (Å²) in [7, 11) is -2.85. The molecular weight excluding hydrogens is 250 g/mol. The van der Waals surface area contributed by atoms with Crippen molar-refractivity contribution in [3.63, 3.8) is 0 Å². The third kappa shape index (κ3) is 5.24. The maximum atomic E-state index is 11.2. The Morgan fingerprint density at radius 3 is 2.67 bits per heavy atom. The first-order valence-corrected chi connectivity index (χ1v) is 8.98. The third-order valence-corrected chi connectivity index (χ3v) is 4.67. The van der Waals surface area contributed by atoms with Crippen molar-refractivity contribution in [2.24, 2.45) is 0 Å². The molecule has 2 atom stereocenters. The summed E-state index contributed by atoms with van der Waals surface area (Å²) in [5, 5.41) is 3.52. The van der Waals surface area contributed by atoms with Gasteiger partial charge in [0.2, 0.25) is 0 Å². The zero-order valence-electron chi connectivity index (χ0n) is 11.9. The summed E-state index contributed by atoms with van der Waals surface area (Å²) in [6.07, 6.45) is 6.12. The van der Waals surface area contributed by atoms with Gasteiger partial charge < -0.3 is 10.1 Å². The lowest BCUT2D eigenvalue weighted by Crippen LogP contribution is -2.48. The Morgan fingerprint density at radius 2 is 2.17 bits per heavy atom. The molecule has 1 saturated heterocycles. The molecule has 0 aromatic rings. The molecule has 18 heavy (non-hydrogen) atoms. The molecule has 108 valence electrons. The largest absolute Gasteiger partial charge is 0.374 e. The van der Waals surface area contributed by atoms with E-state index in [0.717, 1.165) is 38.8 Å². The van der Waals surface area contributed by atoms with Gasteiger partial charge in [0.05, 0.1) is 5.60 Å². The van der Waals surface area contributed by atoms with E-state index in [1.54, 1.807) is 0 Å². The molecule has 2 unspecified atom stereocenters. The van der Waals surface area contributed by atoms with Gasteiger partial charge >= 0.3 is 0 Å². The number of rotatable bonds is 8. The Kier molecular flexibility index (Phi) is 6.08. The van der Waals surface area contributed by atoms with Gasteiger partial charge in [0.15, 0.2) is 0 Å². The van der Waals surface area contributed by atoms with Crippen LogP contribution in [0.2, 0.25) is 0 Å². The minimum Gasteiger partial charge on any atom is -0.374 e. The second-order valence-corrected chi connectivity index (χ2v) is 7.80. The molecule has 5 heteroatoms. The lowest BCUT2D eigenvalue weighted by atomic mass is 9.90. The first-order chi connectivity index (χ1) is 8.37. The van der Waals surface area contributed by atoms with Crippen molar-refractivity contribution in [3.8, 4) is 0 Å². The third-order valence-electron chi connectivity index (χ3n) is 3.64.